The Morgan fingerprint density at radius 2 is 1.91 bits per heavy atom. The SMILES string of the molecule is COc1ccc(C(=O)N(CCN2CCOCC2)C2CC(C(=O)NCCN)N(C(C)=O)C2)cc1. The van der Waals surface area contributed by atoms with Crippen LogP contribution in [0, 0.1) is 0 Å². The Kier molecular flexibility index (Phi) is 9.04. The number of ether oxygens (including phenoxy) is 2. The summed E-state index contributed by atoms with van der Waals surface area (Å²) in [6.45, 7) is 6.63. The lowest BCUT2D eigenvalue weighted by Crippen LogP contribution is -2.48. The van der Waals surface area contributed by atoms with Crippen LogP contribution >= 0.6 is 0 Å². The van der Waals surface area contributed by atoms with Crippen LogP contribution in [0.25, 0.3) is 0 Å². The third-order valence-electron chi connectivity index (χ3n) is 6.23. The second-order valence-electron chi connectivity index (χ2n) is 8.34. The first-order valence-electron chi connectivity index (χ1n) is 11.4. The Labute approximate surface area is 195 Å². The first-order chi connectivity index (χ1) is 15.9. The summed E-state index contributed by atoms with van der Waals surface area (Å²) < 4.78 is 10.6. The number of hydrogen-bond donors (Lipinski definition) is 2. The van der Waals surface area contributed by atoms with Gasteiger partial charge in [0.2, 0.25) is 11.8 Å². The first-order valence-corrected chi connectivity index (χ1v) is 11.4. The summed E-state index contributed by atoms with van der Waals surface area (Å²) in [4.78, 5) is 44.2. The van der Waals surface area contributed by atoms with Crippen LogP contribution in [-0.4, -0.2) is 111 Å². The molecule has 10 heteroatoms. The topological polar surface area (TPSA) is 117 Å². The highest BCUT2D eigenvalue weighted by atomic mass is 16.5. The number of morpholine rings is 1. The van der Waals surface area contributed by atoms with Gasteiger partial charge in [0, 0.05) is 58.3 Å². The smallest absolute Gasteiger partial charge is 0.254 e. The predicted molar refractivity (Wildman–Crippen MR) is 123 cm³/mol. The maximum Gasteiger partial charge on any atom is 0.254 e. The first kappa shape index (κ1) is 24.9. The van der Waals surface area contributed by atoms with Crippen molar-refractivity contribution in [2.45, 2.75) is 25.4 Å². The molecule has 2 aliphatic rings. The lowest BCUT2D eigenvalue weighted by molar-refractivity contribution is -0.136. The van der Waals surface area contributed by atoms with Gasteiger partial charge in [0.05, 0.1) is 26.4 Å². The Bertz CT molecular complexity index is 812. The van der Waals surface area contributed by atoms with Gasteiger partial charge in [-0.2, -0.15) is 0 Å². The molecule has 0 spiro atoms. The van der Waals surface area contributed by atoms with Crippen LogP contribution in [0.2, 0.25) is 0 Å². The van der Waals surface area contributed by atoms with Gasteiger partial charge in [0.1, 0.15) is 11.8 Å². The van der Waals surface area contributed by atoms with E-state index in [0.717, 1.165) is 13.1 Å². The van der Waals surface area contributed by atoms with E-state index in [1.807, 2.05) is 4.90 Å². The Morgan fingerprint density at radius 3 is 2.52 bits per heavy atom. The standard InChI is InChI=1S/C23H35N5O5/c1-17(29)28-16-19(15-21(28)22(30)25-8-7-24)27(10-9-26-11-13-33-14-12-26)23(31)18-3-5-20(32-2)6-4-18/h3-6,19,21H,7-16,24H2,1-2H3,(H,25,30). The molecule has 182 valence electrons. The van der Waals surface area contributed by atoms with E-state index in [-0.39, 0.29) is 23.8 Å². The third kappa shape index (κ3) is 6.43. The molecule has 0 bridgehead atoms. The average molecular weight is 462 g/mol. The molecule has 2 fully saturated rings. The minimum Gasteiger partial charge on any atom is -0.497 e. The number of nitrogens with zero attached hydrogens (tertiary/aromatic N) is 3. The van der Waals surface area contributed by atoms with Crippen molar-refractivity contribution in [2.75, 3.05) is 66.1 Å². The minimum absolute atomic E-state index is 0.123. The van der Waals surface area contributed by atoms with Crippen LogP contribution in [0.15, 0.2) is 24.3 Å². The number of nitrogens with two attached hydrogens (primary N) is 1. The molecular formula is C23H35N5O5. The average Bonchev–Trinajstić information content (AvgIpc) is 3.29. The van der Waals surface area contributed by atoms with Crippen molar-refractivity contribution in [3.63, 3.8) is 0 Å². The molecule has 2 heterocycles. The Hall–Kier alpha value is -2.69. The van der Waals surface area contributed by atoms with Crippen molar-refractivity contribution in [1.29, 1.82) is 0 Å². The molecular weight excluding hydrogens is 426 g/mol. The van der Waals surface area contributed by atoms with Crippen LogP contribution in [0.5, 0.6) is 5.75 Å². The monoisotopic (exact) mass is 461 g/mol. The predicted octanol–water partition coefficient (Wildman–Crippen LogP) is -0.466. The molecule has 1 aromatic carbocycles. The summed E-state index contributed by atoms with van der Waals surface area (Å²) >= 11 is 0. The molecule has 2 atom stereocenters. The van der Waals surface area contributed by atoms with E-state index in [0.29, 0.717) is 63.7 Å². The number of carbonyl (C=O) groups excluding carboxylic acids is 3. The fourth-order valence-electron chi connectivity index (χ4n) is 4.37. The molecule has 10 nitrogen and oxygen atoms in total. The van der Waals surface area contributed by atoms with Gasteiger partial charge in [0.15, 0.2) is 0 Å². The molecule has 2 unspecified atom stereocenters. The maximum absolute atomic E-state index is 13.6. The van der Waals surface area contributed by atoms with Crippen LogP contribution in [-0.2, 0) is 14.3 Å². The maximum atomic E-state index is 13.6. The fraction of sp³-hybridized carbons (Fsp3) is 0.609. The van der Waals surface area contributed by atoms with Gasteiger partial charge < -0.3 is 30.3 Å². The molecule has 0 radical (unpaired) electrons. The van der Waals surface area contributed by atoms with Crippen molar-refractivity contribution < 1.29 is 23.9 Å². The second-order valence-corrected chi connectivity index (χ2v) is 8.34. The van der Waals surface area contributed by atoms with Crippen LogP contribution in [0.4, 0.5) is 0 Å². The van der Waals surface area contributed by atoms with E-state index in [1.165, 1.54) is 6.92 Å². The van der Waals surface area contributed by atoms with E-state index in [2.05, 4.69) is 10.2 Å². The summed E-state index contributed by atoms with van der Waals surface area (Å²) in [6.07, 6.45) is 0.390. The number of carbonyl (C=O) groups is 3. The molecule has 33 heavy (non-hydrogen) atoms. The van der Waals surface area contributed by atoms with Crippen molar-refractivity contribution in [3.05, 3.63) is 29.8 Å². The number of rotatable bonds is 9. The van der Waals surface area contributed by atoms with Gasteiger partial charge in [-0.3, -0.25) is 19.3 Å². The fourth-order valence-corrected chi connectivity index (χ4v) is 4.37. The molecule has 0 aromatic heterocycles. The molecule has 0 saturated carbocycles. The van der Waals surface area contributed by atoms with Crippen molar-refractivity contribution in [3.8, 4) is 5.75 Å². The minimum atomic E-state index is -0.617. The van der Waals surface area contributed by atoms with E-state index in [9.17, 15) is 14.4 Å². The lowest BCUT2D eigenvalue weighted by Gasteiger charge is -2.33. The van der Waals surface area contributed by atoms with Gasteiger partial charge in [-0.1, -0.05) is 0 Å². The van der Waals surface area contributed by atoms with E-state index < -0.39 is 6.04 Å². The summed E-state index contributed by atoms with van der Waals surface area (Å²) in [5.41, 5.74) is 6.05. The summed E-state index contributed by atoms with van der Waals surface area (Å²) in [5, 5.41) is 2.78. The zero-order valence-electron chi connectivity index (χ0n) is 19.5. The number of hydrogen-bond acceptors (Lipinski definition) is 7. The van der Waals surface area contributed by atoms with Crippen molar-refractivity contribution in [1.82, 2.24) is 20.0 Å². The molecule has 1 aromatic rings. The molecule has 3 N–H and O–H groups in total. The highest BCUT2D eigenvalue weighted by molar-refractivity contribution is 5.95. The second kappa shape index (κ2) is 12.0. The number of methoxy groups -OCH3 is 1. The number of amides is 3. The van der Waals surface area contributed by atoms with Crippen LogP contribution in [0.1, 0.15) is 23.7 Å². The van der Waals surface area contributed by atoms with E-state index in [1.54, 1.807) is 36.3 Å². The van der Waals surface area contributed by atoms with Crippen LogP contribution in [0.3, 0.4) is 0 Å². The molecule has 3 amide bonds. The molecule has 3 rings (SSSR count). The lowest BCUT2D eigenvalue weighted by atomic mass is 10.1. The van der Waals surface area contributed by atoms with Crippen LogP contribution < -0.4 is 15.8 Å². The van der Waals surface area contributed by atoms with Crippen molar-refractivity contribution >= 4 is 17.7 Å². The highest BCUT2D eigenvalue weighted by Crippen LogP contribution is 2.25. The zero-order chi connectivity index (χ0) is 23.8. The van der Waals surface area contributed by atoms with Gasteiger partial charge in [0.25, 0.3) is 5.91 Å². The van der Waals surface area contributed by atoms with E-state index in [4.69, 9.17) is 15.2 Å². The normalized spacial score (nSPS) is 21.0. The van der Waals surface area contributed by atoms with E-state index >= 15 is 0 Å². The number of nitrogens with one attached hydrogen (secondary N) is 1. The van der Waals surface area contributed by atoms with Crippen molar-refractivity contribution in [2.24, 2.45) is 5.73 Å². The molecule has 2 aliphatic heterocycles. The van der Waals surface area contributed by atoms with Gasteiger partial charge >= 0.3 is 0 Å². The number of benzene rings is 1. The molecule has 0 aliphatic carbocycles. The van der Waals surface area contributed by atoms with Gasteiger partial charge in [-0.15, -0.1) is 0 Å². The number of likely N-dealkylation sites (tertiary alicyclic amines) is 1. The summed E-state index contributed by atoms with van der Waals surface area (Å²) in [5.74, 6) is 0.132. The highest BCUT2D eigenvalue weighted by Gasteiger charge is 2.42. The summed E-state index contributed by atoms with van der Waals surface area (Å²) in [6, 6.07) is 6.12. The summed E-state index contributed by atoms with van der Waals surface area (Å²) in [7, 11) is 1.58. The zero-order valence-corrected chi connectivity index (χ0v) is 19.5. The van der Waals surface area contributed by atoms with Gasteiger partial charge in [-0.25, -0.2) is 0 Å². The quantitative estimate of drug-likeness (QED) is 0.511. The molecule has 2 saturated heterocycles. The Morgan fingerprint density at radius 1 is 1.21 bits per heavy atom. The largest absolute Gasteiger partial charge is 0.497 e. The Balaban J connectivity index is 1.79. The third-order valence-corrected chi connectivity index (χ3v) is 6.23. The van der Waals surface area contributed by atoms with Gasteiger partial charge in [-0.05, 0) is 30.7 Å².